The van der Waals surface area contributed by atoms with Gasteiger partial charge in [0.25, 0.3) is 0 Å². The lowest BCUT2D eigenvalue weighted by Gasteiger charge is -2.28. The van der Waals surface area contributed by atoms with E-state index in [0.29, 0.717) is 29.7 Å². The van der Waals surface area contributed by atoms with Gasteiger partial charge in [-0.1, -0.05) is 0 Å². The molecule has 1 fully saturated rings. The Morgan fingerprint density at radius 1 is 1.26 bits per heavy atom. The second-order valence-corrected chi connectivity index (χ2v) is 8.14. The molecular weight excluding hydrogens is 385 g/mol. The summed E-state index contributed by atoms with van der Waals surface area (Å²) in [6.45, 7) is 5.18. The van der Waals surface area contributed by atoms with Gasteiger partial charge in [0.1, 0.15) is 16.9 Å². The Morgan fingerprint density at radius 2 is 1.96 bits per heavy atom. The zero-order valence-corrected chi connectivity index (χ0v) is 17.0. The van der Waals surface area contributed by atoms with Gasteiger partial charge in [-0.3, -0.25) is 9.59 Å². The lowest BCUT2D eigenvalue weighted by molar-refractivity contribution is -0.142. The Kier molecular flexibility index (Phi) is 6.49. The summed E-state index contributed by atoms with van der Waals surface area (Å²) in [5, 5.41) is 2.57. The standard InChI is InChI=1S/C19H22FN3O2S2/c1-3-22(4-2)19(25)16-11-26-12-23(16)18(24)9-17-21-15(10-27-17)13-5-7-14(20)8-6-13/h5-8,10,16H,3-4,9,11-12H2,1-2H3/t16-/m0/s1. The number of nitrogens with zero attached hydrogens (tertiary/aromatic N) is 3. The molecule has 2 heterocycles. The number of hydrogen-bond donors (Lipinski definition) is 0. The van der Waals surface area contributed by atoms with E-state index in [0.717, 1.165) is 11.3 Å². The number of carbonyl (C=O) groups is 2. The van der Waals surface area contributed by atoms with E-state index in [9.17, 15) is 14.0 Å². The van der Waals surface area contributed by atoms with Crippen molar-refractivity contribution >= 4 is 34.9 Å². The van der Waals surface area contributed by atoms with Gasteiger partial charge in [0.15, 0.2) is 0 Å². The molecule has 1 atom stereocenters. The summed E-state index contributed by atoms with van der Waals surface area (Å²) in [4.78, 5) is 33.4. The zero-order chi connectivity index (χ0) is 19.4. The van der Waals surface area contributed by atoms with Crippen molar-refractivity contribution in [2.24, 2.45) is 0 Å². The van der Waals surface area contributed by atoms with Crippen LogP contribution in [-0.2, 0) is 16.0 Å². The Hall–Kier alpha value is -1.93. The van der Waals surface area contributed by atoms with E-state index in [1.54, 1.807) is 33.7 Å². The second kappa shape index (κ2) is 8.84. The van der Waals surface area contributed by atoms with Crippen molar-refractivity contribution in [3.05, 3.63) is 40.5 Å². The zero-order valence-electron chi connectivity index (χ0n) is 15.4. The van der Waals surface area contributed by atoms with Crippen LogP contribution in [0.3, 0.4) is 0 Å². The summed E-state index contributed by atoms with van der Waals surface area (Å²) in [6.07, 6.45) is 0.175. The molecule has 0 N–H and O–H groups in total. The highest BCUT2D eigenvalue weighted by Gasteiger charge is 2.36. The van der Waals surface area contributed by atoms with Gasteiger partial charge in [-0.25, -0.2) is 9.37 Å². The van der Waals surface area contributed by atoms with Crippen LogP contribution in [0.15, 0.2) is 29.6 Å². The maximum absolute atomic E-state index is 13.1. The van der Waals surface area contributed by atoms with Crippen LogP contribution in [-0.4, -0.2) is 57.4 Å². The van der Waals surface area contributed by atoms with Crippen LogP contribution in [0.5, 0.6) is 0 Å². The number of thiazole rings is 1. The topological polar surface area (TPSA) is 53.5 Å². The van der Waals surface area contributed by atoms with Gasteiger partial charge in [-0.05, 0) is 38.1 Å². The largest absolute Gasteiger partial charge is 0.341 e. The molecule has 27 heavy (non-hydrogen) atoms. The number of likely N-dealkylation sites (N-methyl/N-ethyl adjacent to an activating group) is 1. The van der Waals surface area contributed by atoms with E-state index in [1.165, 1.54) is 23.5 Å². The molecule has 0 saturated carbocycles. The highest BCUT2D eigenvalue weighted by Crippen LogP contribution is 2.26. The average Bonchev–Trinajstić information content (AvgIpc) is 3.32. The van der Waals surface area contributed by atoms with E-state index in [4.69, 9.17) is 0 Å². The highest BCUT2D eigenvalue weighted by molar-refractivity contribution is 7.99. The molecule has 5 nitrogen and oxygen atoms in total. The number of carbonyl (C=O) groups excluding carboxylic acids is 2. The maximum Gasteiger partial charge on any atom is 0.246 e. The molecule has 8 heteroatoms. The predicted molar refractivity (Wildman–Crippen MR) is 107 cm³/mol. The van der Waals surface area contributed by atoms with Gasteiger partial charge in [0, 0.05) is 29.8 Å². The van der Waals surface area contributed by atoms with E-state index in [2.05, 4.69) is 4.98 Å². The van der Waals surface area contributed by atoms with E-state index < -0.39 is 0 Å². The van der Waals surface area contributed by atoms with Crippen molar-refractivity contribution in [3.63, 3.8) is 0 Å². The molecule has 0 spiro atoms. The Morgan fingerprint density at radius 3 is 2.63 bits per heavy atom. The first-order valence-corrected chi connectivity index (χ1v) is 10.9. The number of aromatic nitrogens is 1. The summed E-state index contributed by atoms with van der Waals surface area (Å²) in [7, 11) is 0. The Balaban J connectivity index is 1.68. The lowest BCUT2D eigenvalue weighted by atomic mass is 10.2. The maximum atomic E-state index is 13.1. The highest BCUT2D eigenvalue weighted by atomic mass is 32.2. The van der Waals surface area contributed by atoms with Crippen LogP contribution in [0.4, 0.5) is 4.39 Å². The second-order valence-electron chi connectivity index (χ2n) is 6.20. The van der Waals surface area contributed by atoms with Gasteiger partial charge in [-0.2, -0.15) is 0 Å². The minimum Gasteiger partial charge on any atom is -0.341 e. The molecule has 2 aromatic rings. The van der Waals surface area contributed by atoms with E-state index in [1.807, 2.05) is 19.2 Å². The molecule has 1 saturated heterocycles. The smallest absolute Gasteiger partial charge is 0.246 e. The molecule has 144 valence electrons. The van der Waals surface area contributed by atoms with Crippen LogP contribution in [0.25, 0.3) is 11.3 Å². The molecule has 0 aliphatic carbocycles. The number of halogens is 1. The summed E-state index contributed by atoms with van der Waals surface area (Å²) in [5.74, 6) is 0.821. The van der Waals surface area contributed by atoms with Gasteiger partial charge >= 0.3 is 0 Å². The fourth-order valence-electron chi connectivity index (χ4n) is 3.02. The van der Waals surface area contributed by atoms with Crippen LogP contribution >= 0.6 is 23.1 Å². The Labute approximate surface area is 166 Å². The van der Waals surface area contributed by atoms with E-state index >= 15 is 0 Å². The lowest BCUT2D eigenvalue weighted by Crippen LogP contribution is -2.49. The first kappa shape index (κ1) is 19.8. The van der Waals surface area contributed by atoms with Gasteiger partial charge in [0.05, 0.1) is 18.0 Å². The molecule has 0 radical (unpaired) electrons. The average molecular weight is 408 g/mol. The van der Waals surface area contributed by atoms with Crippen molar-refractivity contribution in [3.8, 4) is 11.3 Å². The number of hydrogen-bond acceptors (Lipinski definition) is 5. The predicted octanol–water partition coefficient (Wildman–Crippen LogP) is 3.26. The molecule has 1 aliphatic rings. The number of rotatable bonds is 6. The summed E-state index contributed by atoms with van der Waals surface area (Å²) >= 11 is 3.01. The van der Waals surface area contributed by atoms with Crippen molar-refractivity contribution in [1.29, 1.82) is 0 Å². The molecule has 1 aromatic heterocycles. The minimum atomic E-state index is -0.390. The monoisotopic (exact) mass is 407 g/mol. The number of thioether (sulfide) groups is 1. The normalized spacial score (nSPS) is 16.6. The van der Waals surface area contributed by atoms with Crippen LogP contribution in [0.2, 0.25) is 0 Å². The molecule has 1 aromatic carbocycles. The third-order valence-electron chi connectivity index (χ3n) is 4.56. The molecule has 0 bridgehead atoms. The summed E-state index contributed by atoms with van der Waals surface area (Å²) < 4.78 is 13.1. The van der Waals surface area contributed by atoms with Crippen LogP contribution in [0, 0.1) is 5.82 Å². The molecular formula is C19H22FN3O2S2. The molecule has 0 unspecified atom stereocenters. The van der Waals surface area contributed by atoms with Crippen LogP contribution < -0.4 is 0 Å². The first-order valence-electron chi connectivity index (χ1n) is 8.89. The fraction of sp³-hybridized carbons (Fsp3) is 0.421. The van der Waals surface area contributed by atoms with Crippen molar-refractivity contribution in [2.45, 2.75) is 26.3 Å². The van der Waals surface area contributed by atoms with Crippen molar-refractivity contribution in [2.75, 3.05) is 24.7 Å². The molecule has 1 aliphatic heterocycles. The SMILES string of the molecule is CCN(CC)C(=O)[C@@H]1CSCN1C(=O)Cc1nc(-c2ccc(F)cc2)cs1. The molecule has 3 rings (SSSR count). The minimum absolute atomic E-state index is 0.0180. The van der Waals surface area contributed by atoms with Gasteiger partial charge in [0.2, 0.25) is 11.8 Å². The number of amides is 2. The van der Waals surface area contributed by atoms with Crippen molar-refractivity contribution < 1.29 is 14.0 Å². The quantitative estimate of drug-likeness (QED) is 0.738. The number of benzene rings is 1. The third kappa shape index (κ3) is 4.50. The fourth-order valence-corrected chi connectivity index (χ4v) is 4.98. The third-order valence-corrected chi connectivity index (χ3v) is 6.42. The van der Waals surface area contributed by atoms with E-state index in [-0.39, 0.29) is 30.1 Å². The summed E-state index contributed by atoms with van der Waals surface area (Å²) in [6, 6.07) is 5.74. The van der Waals surface area contributed by atoms with Gasteiger partial charge < -0.3 is 9.80 Å². The van der Waals surface area contributed by atoms with Gasteiger partial charge in [-0.15, -0.1) is 23.1 Å². The van der Waals surface area contributed by atoms with Crippen molar-refractivity contribution in [1.82, 2.24) is 14.8 Å². The molecule has 2 amide bonds. The Bertz CT molecular complexity index is 806. The summed E-state index contributed by atoms with van der Waals surface area (Å²) in [5.41, 5.74) is 1.55. The first-order chi connectivity index (χ1) is 13.0. The van der Waals surface area contributed by atoms with Crippen LogP contribution in [0.1, 0.15) is 18.9 Å².